The maximum absolute atomic E-state index is 12.2. The summed E-state index contributed by atoms with van der Waals surface area (Å²) >= 11 is 0. The molecular formula is C12H18N2O2. The molecule has 0 aliphatic carbocycles. The Bertz CT molecular complexity index is 398. The number of furan rings is 1. The van der Waals surface area contributed by atoms with Crippen LogP contribution in [0.5, 0.6) is 0 Å². The quantitative estimate of drug-likeness (QED) is 0.779. The largest absolute Gasteiger partial charge is 0.456 e. The van der Waals surface area contributed by atoms with Gasteiger partial charge in [-0.3, -0.25) is 4.79 Å². The van der Waals surface area contributed by atoms with Gasteiger partial charge in [0.2, 0.25) is 0 Å². The lowest BCUT2D eigenvalue weighted by Gasteiger charge is -2.33. The van der Waals surface area contributed by atoms with E-state index in [0.717, 1.165) is 31.0 Å². The fraction of sp³-hybridized carbons (Fsp3) is 0.583. The third kappa shape index (κ3) is 1.97. The summed E-state index contributed by atoms with van der Waals surface area (Å²) in [6.45, 7) is 8.29. The molecule has 0 bridgehead atoms. The molecule has 1 saturated heterocycles. The van der Waals surface area contributed by atoms with E-state index in [0.29, 0.717) is 5.76 Å². The topological polar surface area (TPSA) is 45.5 Å². The van der Waals surface area contributed by atoms with Gasteiger partial charge in [0.05, 0.1) is 0 Å². The summed E-state index contributed by atoms with van der Waals surface area (Å²) in [5.74, 6) is 1.30. The van der Waals surface area contributed by atoms with E-state index in [1.165, 1.54) is 0 Å². The van der Waals surface area contributed by atoms with Gasteiger partial charge in [-0.05, 0) is 26.8 Å². The Morgan fingerprint density at radius 3 is 2.88 bits per heavy atom. The van der Waals surface area contributed by atoms with Crippen LogP contribution in [0, 0.1) is 13.8 Å². The van der Waals surface area contributed by atoms with E-state index in [2.05, 4.69) is 12.2 Å². The molecule has 1 aromatic heterocycles. The van der Waals surface area contributed by atoms with Crippen LogP contribution >= 0.6 is 0 Å². The van der Waals surface area contributed by atoms with Gasteiger partial charge in [-0.15, -0.1) is 0 Å². The van der Waals surface area contributed by atoms with E-state index in [9.17, 15) is 4.79 Å². The van der Waals surface area contributed by atoms with Crippen LogP contribution in [-0.4, -0.2) is 36.5 Å². The maximum Gasteiger partial charge on any atom is 0.290 e. The number of nitrogens with zero attached hydrogens (tertiary/aromatic N) is 1. The van der Waals surface area contributed by atoms with Crippen molar-refractivity contribution in [3.63, 3.8) is 0 Å². The zero-order valence-corrected chi connectivity index (χ0v) is 10.0. The van der Waals surface area contributed by atoms with E-state index in [1.54, 1.807) is 0 Å². The molecule has 1 amide bonds. The van der Waals surface area contributed by atoms with Crippen LogP contribution in [0.4, 0.5) is 0 Å². The number of carbonyl (C=O) groups is 1. The second kappa shape index (κ2) is 4.29. The molecule has 2 rings (SSSR count). The SMILES string of the molecule is Cc1cc(C)c(C(=O)N2CCNC[C@H]2C)o1. The summed E-state index contributed by atoms with van der Waals surface area (Å²) < 4.78 is 5.47. The molecule has 0 spiro atoms. The monoisotopic (exact) mass is 222 g/mol. The molecule has 1 fully saturated rings. The number of rotatable bonds is 1. The summed E-state index contributed by atoms with van der Waals surface area (Å²) in [5.41, 5.74) is 0.924. The van der Waals surface area contributed by atoms with Crippen molar-refractivity contribution in [2.24, 2.45) is 0 Å². The predicted octanol–water partition coefficient (Wildman–Crippen LogP) is 1.33. The second-order valence-corrected chi connectivity index (χ2v) is 4.42. The molecule has 2 heterocycles. The van der Waals surface area contributed by atoms with Crippen molar-refractivity contribution < 1.29 is 9.21 Å². The Hall–Kier alpha value is -1.29. The number of piperazine rings is 1. The number of hydrogen-bond donors (Lipinski definition) is 1. The first-order chi connectivity index (χ1) is 7.59. The highest BCUT2D eigenvalue weighted by Gasteiger charge is 2.27. The van der Waals surface area contributed by atoms with Gasteiger partial charge in [0.15, 0.2) is 5.76 Å². The van der Waals surface area contributed by atoms with Gasteiger partial charge in [0.1, 0.15) is 5.76 Å². The first-order valence-corrected chi connectivity index (χ1v) is 5.68. The van der Waals surface area contributed by atoms with Crippen molar-refractivity contribution in [3.8, 4) is 0 Å². The summed E-state index contributed by atoms with van der Waals surface area (Å²) in [7, 11) is 0. The van der Waals surface area contributed by atoms with Crippen molar-refractivity contribution in [1.29, 1.82) is 0 Å². The number of nitrogens with one attached hydrogen (secondary N) is 1. The van der Waals surface area contributed by atoms with E-state index in [1.807, 2.05) is 24.8 Å². The molecule has 16 heavy (non-hydrogen) atoms. The molecule has 4 heteroatoms. The molecular weight excluding hydrogens is 204 g/mol. The normalized spacial score (nSPS) is 21.2. The van der Waals surface area contributed by atoms with Crippen LogP contribution in [0.15, 0.2) is 10.5 Å². The molecule has 1 atom stereocenters. The van der Waals surface area contributed by atoms with Gasteiger partial charge < -0.3 is 14.6 Å². The summed E-state index contributed by atoms with van der Waals surface area (Å²) in [6.07, 6.45) is 0. The molecule has 88 valence electrons. The van der Waals surface area contributed by atoms with E-state index >= 15 is 0 Å². The van der Waals surface area contributed by atoms with Crippen LogP contribution in [0.3, 0.4) is 0 Å². The van der Waals surface area contributed by atoms with Crippen molar-refractivity contribution in [2.45, 2.75) is 26.8 Å². The zero-order chi connectivity index (χ0) is 11.7. The Balaban J connectivity index is 2.21. The van der Waals surface area contributed by atoms with Crippen LogP contribution in [0.1, 0.15) is 28.8 Å². The Kier molecular flexibility index (Phi) is 3.01. The average molecular weight is 222 g/mol. The molecule has 0 radical (unpaired) electrons. The van der Waals surface area contributed by atoms with Crippen molar-refractivity contribution in [2.75, 3.05) is 19.6 Å². The molecule has 0 aromatic carbocycles. The standard InChI is InChI=1S/C12H18N2O2/c1-8-6-10(3)16-11(8)12(15)14-5-4-13-7-9(14)2/h6,9,13H,4-5,7H2,1-3H3/t9-/m1/s1. The summed E-state index contributed by atoms with van der Waals surface area (Å²) in [5, 5.41) is 3.27. The number of aryl methyl sites for hydroxylation is 2. The molecule has 4 nitrogen and oxygen atoms in total. The second-order valence-electron chi connectivity index (χ2n) is 4.42. The van der Waals surface area contributed by atoms with Crippen LogP contribution in [0.25, 0.3) is 0 Å². The maximum atomic E-state index is 12.2. The Morgan fingerprint density at radius 1 is 1.56 bits per heavy atom. The third-order valence-electron chi connectivity index (χ3n) is 3.00. The Labute approximate surface area is 95.6 Å². The first kappa shape index (κ1) is 11.2. The highest BCUT2D eigenvalue weighted by atomic mass is 16.4. The molecule has 0 unspecified atom stereocenters. The predicted molar refractivity (Wildman–Crippen MR) is 61.6 cm³/mol. The van der Waals surface area contributed by atoms with Gasteiger partial charge >= 0.3 is 0 Å². The van der Waals surface area contributed by atoms with Crippen molar-refractivity contribution in [1.82, 2.24) is 10.2 Å². The first-order valence-electron chi connectivity index (χ1n) is 5.68. The van der Waals surface area contributed by atoms with E-state index in [4.69, 9.17) is 4.42 Å². The Morgan fingerprint density at radius 2 is 2.31 bits per heavy atom. The van der Waals surface area contributed by atoms with Crippen LogP contribution < -0.4 is 5.32 Å². The van der Waals surface area contributed by atoms with Crippen LogP contribution in [-0.2, 0) is 0 Å². The lowest BCUT2D eigenvalue weighted by molar-refractivity contribution is 0.0620. The lowest BCUT2D eigenvalue weighted by Crippen LogP contribution is -2.52. The van der Waals surface area contributed by atoms with Gasteiger partial charge in [0, 0.05) is 31.2 Å². The minimum atomic E-state index is 0.0135. The average Bonchev–Trinajstić information content (AvgIpc) is 2.58. The third-order valence-corrected chi connectivity index (χ3v) is 3.00. The van der Waals surface area contributed by atoms with Gasteiger partial charge in [-0.2, -0.15) is 0 Å². The number of carbonyl (C=O) groups excluding carboxylic acids is 1. The van der Waals surface area contributed by atoms with Gasteiger partial charge in [0.25, 0.3) is 5.91 Å². The van der Waals surface area contributed by atoms with Crippen molar-refractivity contribution >= 4 is 5.91 Å². The van der Waals surface area contributed by atoms with E-state index in [-0.39, 0.29) is 11.9 Å². The fourth-order valence-corrected chi connectivity index (χ4v) is 2.13. The van der Waals surface area contributed by atoms with E-state index < -0.39 is 0 Å². The van der Waals surface area contributed by atoms with Crippen LogP contribution in [0.2, 0.25) is 0 Å². The number of amides is 1. The minimum Gasteiger partial charge on any atom is -0.456 e. The lowest BCUT2D eigenvalue weighted by atomic mass is 10.2. The minimum absolute atomic E-state index is 0.0135. The molecule has 1 N–H and O–H groups in total. The summed E-state index contributed by atoms with van der Waals surface area (Å²) in [6, 6.07) is 2.13. The number of hydrogen-bond acceptors (Lipinski definition) is 3. The van der Waals surface area contributed by atoms with Gasteiger partial charge in [-0.1, -0.05) is 0 Å². The highest BCUT2D eigenvalue weighted by Crippen LogP contribution is 2.17. The zero-order valence-electron chi connectivity index (χ0n) is 10.0. The molecule has 1 aliphatic heterocycles. The molecule has 1 aromatic rings. The van der Waals surface area contributed by atoms with Crippen molar-refractivity contribution in [3.05, 3.63) is 23.2 Å². The molecule has 1 aliphatic rings. The highest BCUT2D eigenvalue weighted by molar-refractivity contribution is 5.93. The fourth-order valence-electron chi connectivity index (χ4n) is 2.13. The molecule has 0 saturated carbocycles. The smallest absolute Gasteiger partial charge is 0.290 e. The summed E-state index contributed by atoms with van der Waals surface area (Å²) in [4.78, 5) is 14.1. The van der Waals surface area contributed by atoms with Gasteiger partial charge in [-0.25, -0.2) is 0 Å².